The van der Waals surface area contributed by atoms with Crippen LogP contribution in [-0.2, 0) is 11.8 Å². The molecule has 0 radical (unpaired) electrons. The summed E-state index contributed by atoms with van der Waals surface area (Å²) in [5.41, 5.74) is 3.72. The second-order valence-corrected chi connectivity index (χ2v) is 7.98. The van der Waals surface area contributed by atoms with Gasteiger partial charge in [-0.2, -0.15) is 0 Å². The molecule has 3 aromatic rings. The van der Waals surface area contributed by atoms with Gasteiger partial charge in [-0.05, 0) is 47.7 Å². The average Bonchev–Trinajstić information content (AvgIpc) is 3.04. The molecule has 0 saturated carbocycles. The van der Waals surface area contributed by atoms with Crippen LogP contribution < -0.4 is 5.32 Å². The zero-order valence-corrected chi connectivity index (χ0v) is 16.8. The fraction of sp³-hybridized carbons (Fsp3) is 0.273. The highest BCUT2D eigenvalue weighted by atomic mass is 35.5. The molecule has 5 heteroatoms. The third-order valence-electron chi connectivity index (χ3n) is 4.45. The minimum atomic E-state index is -0.172. The number of rotatable bonds is 4. The standard InChI is InChI=1S/C22H24ClN3O/c1-5-18-14-20(25-26(18)19-8-6-7-17(23)13-19)24-21(27)15-9-11-16(12-10-15)22(2,3)4/h6-14H,5H2,1-4H3,(H,24,25,27). The van der Waals surface area contributed by atoms with E-state index in [1.807, 2.05) is 59.3 Å². The van der Waals surface area contributed by atoms with E-state index in [1.54, 1.807) is 0 Å². The number of hydrogen-bond acceptors (Lipinski definition) is 2. The third-order valence-corrected chi connectivity index (χ3v) is 4.69. The number of amides is 1. The van der Waals surface area contributed by atoms with Gasteiger partial charge in [0.25, 0.3) is 5.91 Å². The fourth-order valence-electron chi connectivity index (χ4n) is 2.87. The Kier molecular flexibility index (Phi) is 5.38. The van der Waals surface area contributed by atoms with Crippen LogP contribution in [0.2, 0.25) is 5.02 Å². The van der Waals surface area contributed by atoms with Crippen LogP contribution in [0.15, 0.2) is 54.6 Å². The van der Waals surface area contributed by atoms with Gasteiger partial charge in [-0.15, -0.1) is 5.10 Å². The number of hydrogen-bond donors (Lipinski definition) is 1. The van der Waals surface area contributed by atoms with Crippen molar-refractivity contribution in [1.82, 2.24) is 9.78 Å². The Balaban J connectivity index is 1.82. The largest absolute Gasteiger partial charge is 0.305 e. The molecular weight excluding hydrogens is 358 g/mol. The lowest BCUT2D eigenvalue weighted by atomic mass is 9.87. The minimum absolute atomic E-state index is 0.0563. The highest BCUT2D eigenvalue weighted by Crippen LogP contribution is 2.23. The van der Waals surface area contributed by atoms with Crippen molar-refractivity contribution in [3.8, 4) is 5.69 Å². The zero-order valence-electron chi connectivity index (χ0n) is 16.1. The summed E-state index contributed by atoms with van der Waals surface area (Å²) >= 11 is 6.10. The Hall–Kier alpha value is -2.59. The summed E-state index contributed by atoms with van der Waals surface area (Å²) in [6.45, 7) is 8.50. The molecule has 0 saturated heterocycles. The summed E-state index contributed by atoms with van der Waals surface area (Å²) in [6.07, 6.45) is 0.787. The molecule has 3 rings (SSSR count). The Labute approximate surface area is 165 Å². The lowest BCUT2D eigenvalue weighted by molar-refractivity contribution is 0.102. The van der Waals surface area contributed by atoms with E-state index in [0.717, 1.165) is 17.8 Å². The van der Waals surface area contributed by atoms with Gasteiger partial charge in [-0.25, -0.2) is 4.68 Å². The highest BCUT2D eigenvalue weighted by Gasteiger charge is 2.16. The van der Waals surface area contributed by atoms with Crippen molar-refractivity contribution in [3.63, 3.8) is 0 Å². The molecule has 0 atom stereocenters. The summed E-state index contributed by atoms with van der Waals surface area (Å²) in [7, 11) is 0. The SMILES string of the molecule is CCc1cc(NC(=O)c2ccc(C(C)(C)C)cc2)nn1-c1cccc(Cl)c1. The van der Waals surface area contributed by atoms with E-state index >= 15 is 0 Å². The van der Waals surface area contributed by atoms with Gasteiger partial charge in [0.2, 0.25) is 0 Å². The van der Waals surface area contributed by atoms with Crippen molar-refractivity contribution in [2.75, 3.05) is 5.32 Å². The highest BCUT2D eigenvalue weighted by molar-refractivity contribution is 6.30. The predicted octanol–water partition coefficient (Wildman–Crippen LogP) is 5.64. The van der Waals surface area contributed by atoms with Crippen LogP contribution in [0.5, 0.6) is 0 Å². The molecular formula is C22H24ClN3O. The quantitative estimate of drug-likeness (QED) is 0.635. The van der Waals surface area contributed by atoms with Crippen molar-refractivity contribution < 1.29 is 4.79 Å². The van der Waals surface area contributed by atoms with Gasteiger partial charge in [-0.1, -0.05) is 57.5 Å². The van der Waals surface area contributed by atoms with Crippen molar-refractivity contribution in [2.45, 2.75) is 39.5 Å². The maximum Gasteiger partial charge on any atom is 0.256 e. The summed E-state index contributed by atoms with van der Waals surface area (Å²) < 4.78 is 1.81. The van der Waals surface area contributed by atoms with Gasteiger partial charge in [0.05, 0.1) is 5.69 Å². The first-order chi connectivity index (χ1) is 12.8. The lowest BCUT2D eigenvalue weighted by Crippen LogP contribution is -2.14. The van der Waals surface area contributed by atoms with E-state index in [0.29, 0.717) is 16.4 Å². The smallest absolute Gasteiger partial charge is 0.256 e. The normalized spacial score (nSPS) is 11.4. The molecule has 0 unspecified atom stereocenters. The van der Waals surface area contributed by atoms with E-state index in [2.05, 4.69) is 38.1 Å². The van der Waals surface area contributed by atoms with Gasteiger partial charge in [-0.3, -0.25) is 4.79 Å². The van der Waals surface area contributed by atoms with Crippen molar-refractivity contribution in [2.24, 2.45) is 0 Å². The van der Waals surface area contributed by atoms with Crippen LogP contribution in [0.25, 0.3) is 5.69 Å². The zero-order chi connectivity index (χ0) is 19.6. The second kappa shape index (κ2) is 7.57. The Morgan fingerprint density at radius 1 is 1.11 bits per heavy atom. The Bertz CT molecular complexity index is 952. The lowest BCUT2D eigenvalue weighted by Gasteiger charge is -2.18. The number of carbonyl (C=O) groups excluding carboxylic acids is 1. The fourth-order valence-corrected chi connectivity index (χ4v) is 3.06. The number of anilines is 1. The molecule has 0 aliphatic rings. The van der Waals surface area contributed by atoms with Crippen LogP contribution in [0.3, 0.4) is 0 Å². The Morgan fingerprint density at radius 3 is 2.41 bits per heavy atom. The molecule has 27 heavy (non-hydrogen) atoms. The van der Waals surface area contributed by atoms with Gasteiger partial charge in [0, 0.05) is 22.3 Å². The van der Waals surface area contributed by atoms with Crippen molar-refractivity contribution >= 4 is 23.3 Å². The molecule has 0 aliphatic heterocycles. The van der Waals surface area contributed by atoms with Crippen LogP contribution in [0.4, 0.5) is 5.82 Å². The molecule has 0 fully saturated rings. The summed E-state index contributed by atoms with van der Waals surface area (Å²) in [6, 6.07) is 17.1. The predicted molar refractivity (Wildman–Crippen MR) is 111 cm³/mol. The molecule has 1 amide bonds. The number of carbonyl (C=O) groups is 1. The number of nitrogens with one attached hydrogen (secondary N) is 1. The van der Waals surface area contributed by atoms with E-state index in [-0.39, 0.29) is 11.3 Å². The first-order valence-corrected chi connectivity index (χ1v) is 9.42. The third kappa shape index (κ3) is 4.40. The number of nitrogens with zero attached hydrogens (tertiary/aromatic N) is 2. The minimum Gasteiger partial charge on any atom is -0.305 e. The Morgan fingerprint density at radius 2 is 1.81 bits per heavy atom. The molecule has 1 aromatic heterocycles. The number of aryl methyl sites for hydroxylation is 1. The molecule has 0 spiro atoms. The first-order valence-electron chi connectivity index (χ1n) is 9.04. The van der Waals surface area contributed by atoms with Crippen molar-refractivity contribution in [1.29, 1.82) is 0 Å². The molecule has 140 valence electrons. The number of aromatic nitrogens is 2. The van der Waals surface area contributed by atoms with Gasteiger partial charge < -0.3 is 5.32 Å². The monoisotopic (exact) mass is 381 g/mol. The van der Waals surface area contributed by atoms with Crippen molar-refractivity contribution in [3.05, 3.63) is 76.4 Å². The van der Waals surface area contributed by atoms with Crippen LogP contribution in [-0.4, -0.2) is 15.7 Å². The second-order valence-electron chi connectivity index (χ2n) is 7.55. The van der Waals surface area contributed by atoms with Crippen LogP contribution in [0, 0.1) is 0 Å². The van der Waals surface area contributed by atoms with Crippen LogP contribution in [0.1, 0.15) is 49.3 Å². The van der Waals surface area contributed by atoms with Gasteiger partial charge in [0.15, 0.2) is 5.82 Å². The summed E-state index contributed by atoms with van der Waals surface area (Å²) in [5, 5.41) is 8.08. The number of benzene rings is 2. The molecule has 0 aliphatic carbocycles. The van der Waals surface area contributed by atoms with Crippen LogP contribution >= 0.6 is 11.6 Å². The van der Waals surface area contributed by atoms with E-state index in [9.17, 15) is 4.79 Å². The van der Waals surface area contributed by atoms with E-state index < -0.39 is 0 Å². The molecule has 1 heterocycles. The van der Waals surface area contributed by atoms with Gasteiger partial charge in [0.1, 0.15) is 0 Å². The first kappa shape index (κ1) is 19.2. The maximum absolute atomic E-state index is 12.6. The van der Waals surface area contributed by atoms with E-state index in [1.165, 1.54) is 5.56 Å². The van der Waals surface area contributed by atoms with Gasteiger partial charge >= 0.3 is 0 Å². The molecule has 4 nitrogen and oxygen atoms in total. The molecule has 1 N–H and O–H groups in total. The molecule has 2 aromatic carbocycles. The maximum atomic E-state index is 12.6. The summed E-state index contributed by atoms with van der Waals surface area (Å²) in [5.74, 6) is 0.352. The molecule has 0 bridgehead atoms. The topological polar surface area (TPSA) is 46.9 Å². The average molecular weight is 382 g/mol. The summed E-state index contributed by atoms with van der Waals surface area (Å²) in [4.78, 5) is 12.6. The van der Waals surface area contributed by atoms with E-state index in [4.69, 9.17) is 11.6 Å². The number of halogens is 1.